The van der Waals surface area contributed by atoms with Gasteiger partial charge in [0.2, 0.25) is 11.7 Å². The van der Waals surface area contributed by atoms with E-state index in [1.54, 1.807) is 32.1 Å². The number of halogens is 1. The number of Topliss-reactive ketones (excluding diaryl/α,β-unsaturated/α-hetero) is 1. The molecular weight excluding hydrogens is 511 g/mol. The molecule has 1 aromatic carbocycles. The first-order valence-electron chi connectivity index (χ1n) is 9.80. The Morgan fingerprint density at radius 1 is 1.27 bits per heavy atom. The minimum Gasteiger partial charge on any atom is -0.382 e. The highest BCUT2D eigenvalue weighted by Crippen LogP contribution is 2.36. The Morgan fingerprint density at radius 3 is 2.47 bits per heavy atom. The van der Waals surface area contributed by atoms with Crippen LogP contribution in [0, 0.1) is 18.3 Å². The van der Waals surface area contributed by atoms with E-state index in [2.05, 4.69) is 40.3 Å². The van der Waals surface area contributed by atoms with E-state index in [0.29, 0.717) is 11.6 Å². The summed E-state index contributed by atoms with van der Waals surface area (Å²) in [6, 6.07) is 8.21. The van der Waals surface area contributed by atoms with Crippen LogP contribution in [0.4, 0.5) is 0 Å². The third kappa shape index (κ3) is 4.52. The monoisotopic (exact) mass is 536 g/mol. The Balaban J connectivity index is 2.02. The van der Waals surface area contributed by atoms with E-state index in [1.807, 2.05) is 21.0 Å². The van der Waals surface area contributed by atoms with Gasteiger partial charge in [-0.25, -0.2) is 0 Å². The van der Waals surface area contributed by atoms with Gasteiger partial charge in [-0.15, -0.1) is 0 Å². The molecule has 1 aliphatic rings. The molecule has 1 aromatic heterocycles. The average Bonchev–Trinajstić information content (AvgIpc) is 3.07. The number of hydrogen-bond donors (Lipinski definition) is 0. The number of ketones is 1. The first kappa shape index (κ1) is 22.7. The summed E-state index contributed by atoms with van der Waals surface area (Å²) in [7, 11) is 5.02. The fourth-order valence-electron chi connectivity index (χ4n) is 4.07. The SMILES string of the molecule is CC(=O)N1CCC(c2cc3c(cc2C)cc(C(=O)/C(C#N)=C/N(C)C)n3SI)CC1. The molecule has 0 atom stereocenters. The van der Waals surface area contributed by atoms with Gasteiger partial charge < -0.3 is 9.80 Å². The summed E-state index contributed by atoms with van der Waals surface area (Å²) in [4.78, 5) is 28.3. The summed E-state index contributed by atoms with van der Waals surface area (Å²) < 4.78 is 1.91. The van der Waals surface area contributed by atoms with Crippen LogP contribution in [-0.2, 0) is 4.79 Å². The van der Waals surface area contributed by atoms with E-state index in [9.17, 15) is 14.9 Å². The molecule has 30 heavy (non-hydrogen) atoms. The highest BCUT2D eigenvalue weighted by Gasteiger charge is 2.25. The van der Waals surface area contributed by atoms with Crippen molar-refractivity contribution in [2.75, 3.05) is 27.2 Å². The lowest BCUT2D eigenvalue weighted by Gasteiger charge is -2.32. The third-order valence-corrected chi connectivity index (χ3v) is 7.29. The van der Waals surface area contributed by atoms with Crippen molar-refractivity contribution in [2.24, 2.45) is 0 Å². The van der Waals surface area contributed by atoms with Crippen molar-refractivity contribution < 1.29 is 9.59 Å². The molecule has 8 heteroatoms. The lowest BCUT2D eigenvalue weighted by molar-refractivity contribution is -0.129. The smallest absolute Gasteiger partial charge is 0.222 e. The second kappa shape index (κ2) is 9.43. The number of piperidine rings is 1. The number of hydrogen-bond acceptors (Lipinski definition) is 5. The van der Waals surface area contributed by atoms with E-state index in [0.717, 1.165) is 36.8 Å². The molecule has 0 unspecified atom stereocenters. The molecule has 0 aliphatic carbocycles. The van der Waals surface area contributed by atoms with Crippen molar-refractivity contribution in [3.8, 4) is 6.07 Å². The van der Waals surface area contributed by atoms with E-state index in [4.69, 9.17) is 0 Å². The topological polar surface area (TPSA) is 69.3 Å². The lowest BCUT2D eigenvalue weighted by Crippen LogP contribution is -2.36. The first-order chi connectivity index (χ1) is 14.3. The molecule has 0 N–H and O–H groups in total. The second-order valence-electron chi connectivity index (χ2n) is 7.89. The summed E-state index contributed by atoms with van der Waals surface area (Å²) in [5.41, 5.74) is 4.07. The number of aryl methyl sites for hydroxylation is 1. The van der Waals surface area contributed by atoms with E-state index in [-0.39, 0.29) is 17.3 Å². The molecule has 1 fully saturated rings. The number of amides is 1. The molecule has 2 aromatic rings. The molecule has 1 aliphatic heterocycles. The molecule has 2 heterocycles. The first-order valence-corrected chi connectivity index (χ1v) is 13.1. The van der Waals surface area contributed by atoms with E-state index < -0.39 is 0 Å². The molecule has 0 bridgehead atoms. The quantitative estimate of drug-likeness (QED) is 0.241. The zero-order chi connectivity index (χ0) is 22.0. The van der Waals surface area contributed by atoms with Crippen LogP contribution in [0.5, 0.6) is 0 Å². The molecule has 0 radical (unpaired) electrons. The number of carbonyl (C=O) groups is 2. The van der Waals surface area contributed by atoms with Crippen molar-refractivity contribution in [1.29, 1.82) is 5.26 Å². The zero-order valence-electron chi connectivity index (χ0n) is 17.6. The Morgan fingerprint density at radius 2 is 1.93 bits per heavy atom. The average molecular weight is 536 g/mol. The molecule has 3 rings (SSSR count). The molecule has 0 spiro atoms. The van der Waals surface area contributed by atoms with Crippen LogP contribution in [0.1, 0.15) is 47.3 Å². The normalized spacial score (nSPS) is 15.3. The van der Waals surface area contributed by atoms with Crippen molar-refractivity contribution in [2.45, 2.75) is 32.6 Å². The maximum atomic E-state index is 13.0. The maximum Gasteiger partial charge on any atom is 0.222 e. The summed E-state index contributed by atoms with van der Waals surface area (Å²) in [5, 5.41) is 10.4. The molecule has 1 saturated heterocycles. The van der Waals surface area contributed by atoms with Crippen LogP contribution >= 0.6 is 30.3 Å². The van der Waals surface area contributed by atoms with Crippen LogP contribution in [0.15, 0.2) is 30.0 Å². The highest BCUT2D eigenvalue weighted by molar-refractivity contribution is 14.2. The van der Waals surface area contributed by atoms with Crippen LogP contribution in [0.2, 0.25) is 0 Å². The maximum absolute atomic E-state index is 13.0. The van der Waals surface area contributed by atoms with Gasteiger partial charge in [0.25, 0.3) is 0 Å². The van der Waals surface area contributed by atoms with Crippen LogP contribution < -0.4 is 0 Å². The Hall–Kier alpha value is -1.99. The lowest BCUT2D eigenvalue weighted by atomic mass is 9.86. The predicted octanol–water partition coefficient (Wildman–Crippen LogP) is 4.67. The number of aromatic nitrogens is 1. The largest absolute Gasteiger partial charge is 0.382 e. The third-order valence-electron chi connectivity index (χ3n) is 5.58. The van der Waals surface area contributed by atoms with Gasteiger partial charge in [0.05, 0.1) is 5.52 Å². The molecule has 1 amide bonds. The van der Waals surface area contributed by atoms with Crippen LogP contribution in [0.25, 0.3) is 10.9 Å². The fourth-order valence-corrected chi connectivity index (χ4v) is 5.79. The molecule has 6 nitrogen and oxygen atoms in total. The van der Waals surface area contributed by atoms with Gasteiger partial charge in [-0.1, -0.05) is 0 Å². The Bertz CT molecular complexity index is 1060. The van der Waals surface area contributed by atoms with Crippen molar-refractivity contribution in [3.63, 3.8) is 0 Å². The summed E-state index contributed by atoms with van der Waals surface area (Å²) >= 11 is 2.17. The minimum absolute atomic E-state index is 0.114. The number of fused-ring (bicyclic) bond motifs is 1. The zero-order valence-corrected chi connectivity index (χ0v) is 20.6. The number of carbonyl (C=O) groups excluding carboxylic acids is 2. The number of rotatable bonds is 5. The number of benzene rings is 1. The minimum atomic E-state index is -0.277. The number of nitriles is 1. The Labute approximate surface area is 193 Å². The van der Waals surface area contributed by atoms with Gasteiger partial charge in [-0.2, -0.15) is 5.26 Å². The molecule has 0 saturated carbocycles. The van der Waals surface area contributed by atoms with Crippen molar-refractivity contribution in [3.05, 3.63) is 46.8 Å². The van der Waals surface area contributed by atoms with Crippen LogP contribution in [-0.4, -0.2) is 52.6 Å². The predicted molar refractivity (Wildman–Crippen MR) is 130 cm³/mol. The van der Waals surface area contributed by atoms with E-state index >= 15 is 0 Å². The summed E-state index contributed by atoms with van der Waals surface area (Å²) in [6.45, 7) is 5.30. The van der Waals surface area contributed by atoms with Gasteiger partial charge in [0.15, 0.2) is 0 Å². The standard InChI is InChI=1S/C22H25IN4O2S/c1-14-9-17-10-21(22(29)18(12-24)13-25(3)4)27(30-23)20(17)11-19(14)16-5-7-26(8-6-16)15(2)28/h9-11,13,16H,5-8H2,1-4H3/b18-13+. The van der Waals surface area contributed by atoms with Gasteiger partial charge in [0.1, 0.15) is 17.3 Å². The number of nitrogens with zero attached hydrogens (tertiary/aromatic N) is 4. The second-order valence-corrected chi connectivity index (χ2v) is 9.57. The summed E-state index contributed by atoms with van der Waals surface area (Å²) in [5.74, 6) is 0.258. The van der Waals surface area contributed by atoms with E-state index in [1.165, 1.54) is 20.2 Å². The summed E-state index contributed by atoms with van der Waals surface area (Å²) in [6.07, 6.45) is 3.45. The molecule has 158 valence electrons. The van der Waals surface area contributed by atoms with Gasteiger partial charge in [-0.05, 0) is 55.0 Å². The fraction of sp³-hybridized carbons (Fsp3) is 0.409. The van der Waals surface area contributed by atoms with Crippen molar-refractivity contribution >= 4 is 52.9 Å². The van der Waals surface area contributed by atoms with Gasteiger partial charge in [-0.3, -0.25) is 13.6 Å². The Kier molecular flexibility index (Phi) is 7.14. The number of likely N-dealkylation sites (tertiary alicyclic amines) is 1. The number of allylic oxidation sites excluding steroid dienone is 1. The van der Waals surface area contributed by atoms with Crippen LogP contribution in [0.3, 0.4) is 0 Å². The molecular formula is C22H25IN4O2S. The van der Waals surface area contributed by atoms with Crippen molar-refractivity contribution in [1.82, 2.24) is 13.8 Å². The highest BCUT2D eigenvalue weighted by atomic mass is 127. The van der Waals surface area contributed by atoms with Gasteiger partial charge >= 0.3 is 0 Å². The van der Waals surface area contributed by atoms with Gasteiger partial charge in [0, 0.05) is 76.0 Å².